The predicted octanol–water partition coefficient (Wildman–Crippen LogP) is 10.4. The molecule has 9 rings (SSSR count). The van der Waals surface area contributed by atoms with Crippen molar-refractivity contribution < 1.29 is 13.9 Å². The maximum Gasteiger partial charge on any atom is 0.260 e. The van der Waals surface area contributed by atoms with Crippen LogP contribution in [0.15, 0.2) is 126 Å². The van der Waals surface area contributed by atoms with Gasteiger partial charge < -0.3 is 18.8 Å². The van der Waals surface area contributed by atoms with Crippen LogP contribution in [0, 0.1) is 0 Å². The number of fused-ring (bicyclic) bond motifs is 8. The molecule has 1 aromatic heterocycles. The van der Waals surface area contributed by atoms with Crippen LogP contribution >= 0.6 is 0 Å². The summed E-state index contributed by atoms with van der Waals surface area (Å²) in [5.74, 6) is 3.37. The summed E-state index contributed by atoms with van der Waals surface area (Å²) in [6.07, 6.45) is 0. The zero-order chi connectivity index (χ0) is 33.7. The monoisotopic (exact) mass is 639 g/mol. The van der Waals surface area contributed by atoms with E-state index in [1.54, 1.807) is 0 Å². The van der Waals surface area contributed by atoms with Crippen LogP contribution in [0.1, 0.15) is 52.7 Å². The van der Waals surface area contributed by atoms with Crippen molar-refractivity contribution in [2.75, 3.05) is 4.90 Å². The third-order valence-electron chi connectivity index (χ3n) is 10.1. The number of furan rings is 1. The number of hydrogen-bond donors (Lipinski definition) is 0. The molecule has 0 saturated carbocycles. The Hall–Kier alpha value is -5.42. The number of ether oxygens (including phenoxy) is 2. The summed E-state index contributed by atoms with van der Waals surface area (Å²) in [5, 5.41) is 2.10. The van der Waals surface area contributed by atoms with Crippen molar-refractivity contribution in [3.05, 3.63) is 132 Å². The first kappa shape index (κ1) is 29.7. The van der Waals surface area contributed by atoms with E-state index in [-0.39, 0.29) is 17.5 Å². The topological polar surface area (TPSA) is 34.8 Å². The number of rotatable bonds is 3. The summed E-state index contributed by atoms with van der Waals surface area (Å²) in [7, 11) is 0. The van der Waals surface area contributed by atoms with Crippen LogP contribution < -0.4 is 30.8 Å². The van der Waals surface area contributed by atoms with Gasteiger partial charge in [-0.1, -0.05) is 102 Å². The molecule has 7 aromatic rings. The Balaban J connectivity index is 1.26. The number of anilines is 3. The van der Waals surface area contributed by atoms with Crippen LogP contribution in [-0.4, -0.2) is 6.71 Å². The van der Waals surface area contributed by atoms with Gasteiger partial charge in [0.2, 0.25) is 0 Å². The fraction of sp³-hybridized carbons (Fsp3) is 0.182. The van der Waals surface area contributed by atoms with Gasteiger partial charge in [-0.05, 0) is 87.5 Å². The van der Waals surface area contributed by atoms with E-state index in [0.29, 0.717) is 0 Å². The third-order valence-corrected chi connectivity index (χ3v) is 10.1. The molecule has 240 valence electrons. The second kappa shape index (κ2) is 10.5. The van der Waals surface area contributed by atoms with E-state index in [9.17, 15) is 0 Å². The average molecular weight is 640 g/mol. The first-order valence-corrected chi connectivity index (χ1v) is 17.1. The lowest BCUT2D eigenvalue weighted by Gasteiger charge is -2.35. The molecular weight excluding hydrogens is 601 g/mol. The normalized spacial score (nSPS) is 13.4. The molecule has 4 nitrogen and oxygen atoms in total. The molecule has 0 saturated heterocycles. The minimum atomic E-state index is -0.0878. The van der Waals surface area contributed by atoms with E-state index in [0.717, 1.165) is 78.4 Å². The quantitative estimate of drug-likeness (QED) is 0.180. The Labute approximate surface area is 288 Å². The highest BCUT2D eigenvalue weighted by Gasteiger charge is 2.42. The van der Waals surface area contributed by atoms with E-state index in [4.69, 9.17) is 13.9 Å². The number of para-hydroxylation sites is 2. The van der Waals surface area contributed by atoms with Crippen molar-refractivity contribution in [2.45, 2.75) is 52.4 Å². The van der Waals surface area contributed by atoms with E-state index in [2.05, 4.69) is 156 Å². The molecule has 0 aliphatic carbocycles. The van der Waals surface area contributed by atoms with Gasteiger partial charge in [0.05, 0.1) is 0 Å². The van der Waals surface area contributed by atoms with Crippen LogP contribution in [0.2, 0.25) is 0 Å². The lowest BCUT2D eigenvalue weighted by Crippen LogP contribution is -2.57. The Kier molecular flexibility index (Phi) is 6.39. The summed E-state index contributed by atoms with van der Waals surface area (Å²) in [6.45, 7) is 13.4. The molecule has 2 aliphatic rings. The lowest BCUT2D eigenvalue weighted by molar-refractivity contribution is 0.455. The van der Waals surface area contributed by atoms with Gasteiger partial charge in [-0.3, -0.25) is 0 Å². The third kappa shape index (κ3) is 4.74. The molecule has 0 bridgehead atoms. The minimum Gasteiger partial charge on any atom is -0.458 e. The first-order chi connectivity index (χ1) is 23.5. The predicted molar refractivity (Wildman–Crippen MR) is 203 cm³/mol. The number of hydrogen-bond acceptors (Lipinski definition) is 4. The number of nitrogens with zero attached hydrogens (tertiary/aromatic N) is 1. The first-order valence-electron chi connectivity index (χ1n) is 17.1. The molecule has 0 N–H and O–H groups in total. The molecule has 0 amide bonds. The van der Waals surface area contributed by atoms with Gasteiger partial charge in [0, 0.05) is 39.4 Å². The molecular formula is C44H38BNO3. The summed E-state index contributed by atoms with van der Waals surface area (Å²) < 4.78 is 20.5. The van der Waals surface area contributed by atoms with E-state index < -0.39 is 0 Å². The molecule has 0 fully saturated rings. The molecule has 5 heteroatoms. The number of benzene rings is 6. The maximum absolute atomic E-state index is 6.95. The Bertz CT molecular complexity index is 2380. The van der Waals surface area contributed by atoms with E-state index in [1.165, 1.54) is 11.1 Å². The summed E-state index contributed by atoms with van der Waals surface area (Å²) in [4.78, 5) is 2.26. The smallest absolute Gasteiger partial charge is 0.260 e. The van der Waals surface area contributed by atoms with Crippen molar-refractivity contribution in [1.82, 2.24) is 0 Å². The fourth-order valence-corrected chi connectivity index (χ4v) is 7.42. The van der Waals surface area contributed by atoms with Gasteiger partial charge in [0.1, 0.15) is 22.8 Å². The van der Waals surface area contributed by atoms with Crippen LogP contribution in [0.25, 0.3) is 21.9 Å². The van der Waals surface area contributed by atoms with Crippen molar-refractivity contribution in [3.63, 3.8) is 0 Å². The molecule has 0 atom stereocenters. The largest absolute Gasteiger partial charge is 0.458 e. The van der Waals surface area contributed by atoms with Crippen molar-refractivity contribution >= 4 is 62.1 Å². The van der Waals surface area contributed by atoms with Crippen LogP contribution in [0.4, 0.5) is 17.1 Å². The molecule has 2 aliphatic heterocycles. The van der Waals surface area contributed by atoms with Gasteiger partial charge >= 0.3 is 0 Å². The SMILES string of the molecule is CC(C)(C)c1cc2c3c(c1)Oc1c(ccc4c1oc1cc(N(c5ccccc5)c5ccccc5)ccc14)B3c1cc(C(C)(C)C)ccc1O2. The van der Waals surface area contributed by atoms with Gasteiger partial charge in [0.15, 0.2) is 11.3 Å². The summed E-state index contributed by atoms with van der Waals surface area (Å²) in [5.41, 5.74) is 10.5. The molecule has 0 radical (unpaired) electrons. The van der Waals surface area contributed by atoms with Gasteiger partial charge in [-0.15, -0.1) is 0 Å². The van der Waals surface area contributed by atoms with Crippen molar-refractivity contribution in [3.8, 4) is 23.0 Å². The summed E-state index contributed by atoms with van der Waals surface area (Å²) >= 11 is 0. The van der Waals surface area contributed by atoms with E-state index >= 15 is 0 Å². The van der Waals surface area contributed by atoms with Crippen LogP contribution in [0.3, 0.4) is 0 Å². The zero-order valence-electron chi connectivity index (χ0n) is 28.8. The van der Waals surface area contributed by atoms with E-state index in [1.807, 2.05) is 12.1 Å². The summed E-state index contributed by atoms with van der Waals surface area (Å²) in [6, 6.07) is 42.9. The van der Waals surface area contributed by atoms with Crippen molar-refractivity contribution in [2.24, 2.45) is 0 Å². The van der Waals surface area contributed by atoms with Gasteiger partial charge in [-0.25, -0.2) is 0 Å². The molecule has 0 unspecified atom stereocenters. The highest BCUT2D eigenvalue weighted by atomic mass is 16.5. The standard InChI is InChI=1S/C44H38BNO3/c1-43(2,3)27-17-22-36-35(23-27)45-34-21-20-33-32-19-18-31(46(29-13-9-7-10-14-29)30-15-11-8-12-16-30)26-37(32)48-41(33)42(34)49-39-25-28(44(4,5)6)24-38(47-36)40(39)45/h7-26H,1-6H3. The molecule has 49 heavy (non-hydrogen) atoms. The Morgan fingerprint density at radius 3 is 1.80 bits per heavy atom. The van der Waals surface area contributed by atoms with Crippen molar-refractivity contribution in [1.29, 1.82) is 0 Å². The lowest BCUT2D eigenvalue weighted by atomic mass is 9.34. The fourth-order valence-electron chi connectivity index (χ4n) is 7.42. The highest BCUT2D eigenvalue weighted by Crippen LogP contribution is 2.44. The maximum atomic E-state index is 6.95. The minimum absolute atomic E-state index is 0.00396. The van der Waals surface area contributed by atoms with Crippen LogP contribution in [0.5, 0.6) is 23.0 Å². The Morgan fingerprint density at radius 2 is 1.14 bits per heavy atom. The van der Waals surface area contributed by atoms with Gasteiger partial charge in [0.25, 0.3) is 6.71 Å². The zero-order valence-corrected chi connectivity index (χ0v) is 28.8. The Morgan fingerprint density at radius 1 is 0.510 bits per heavy atom. The molecule has 3 heterocycles. The molecule has 6 aromatic carbocycles. The molecule has 0 spiro atoms. The van der Waals surface area contributed by atoms with Crippen LogP contribution in [-0.2, 0) is 10.8 Å². The van der Waals surface area contributed by atoms with Gasteiger partial charge in [-0.2, -0.15) is 0 Å². The second-order valence-corrected chi connectivity index (χ2v) is 15.4. The average Bonchev–Trinajstić information content (AvgIpc) is 3.46. The highest BCUT2D eigenvalue weighted by molar-refractivity contribution is 6.98. The second-order valence-electron chi connectivity index (χ2n) is 15.4.